The van der Waals surface area contributed by atoms with E-state index < -0.39 is 0 Å². The molecule has 0 aliphatic rings. The maximum Gasteiger partial charge on any atom is 0.169 e. The van der Waals surface area contributed by atoms with Crippen LogP contribution < -0.4 is 9.47 Å². The van der Waals surface area contributed by atoms with Gasteiger partial charge in [-0.3, -0.25) is 0 Å². The van der Waals surface area contributed by atoms with Gasteiger partial charge in [0.2, 0.25) is 0 Å². The van der Waals surface area contributed by atoms with E-state index in [9.17, 15) is 10.2 Å². The Morgan fingerprint density at radius 2 is 0.708 bits per heavy atom. The third-order valence-electron chi connectivity index (χ3n) is 14.9. The van der Waals surface area contributed by atoms with Gasteiger partial charge in [-0.15, -0.1) is 0 Å². The van der Waals surface area contributed by atoms with Crippen molar-refractivity contribution in [1.29, 1.82) is 0 Å². The SMILES string of the molecule is COc1ccc2cc(-c3cc(C(C)(C)C)cc(C(C)(C)C)c3)ccc2c1-c1c(OC)c(O)c(-c2c(O)ccc3cc(-c4cc(C(C)(C)C)cc(C(C)(C)C)c4)ccc23)c2cc(C(C)(C)C)c(C(C)(C)C)cc12. The minimum Gasteiger partial charge on any atom is -0.507 e. The van der Waals surface area contributed by atoms with Gasteiger partial charge in [0.15, 0.2) is 11.5 Å². The van der Waals surface area contributed by atoms with E-state index in [1.54, 1.807) is 20.3 Å². The minimum absolute atomic E-state index is 0.0290. The van der Waals surface area contributed by atoms with Crippen LogP contribution in [-0.2, 0) is 32.5 Å². The largest absolute Gasteiger partial charge is 0.507 e. The standard InChI is InChI=1S/C68H80O4/c1-63(2,3)45-31-43(32-46(35-45)64(4,5)6)39-21-25-49-41(29-39)23-27-55(69)57(49)59-51-37-53(67(13,14)15)54(68(16,17)18)38-52(51)60(62(72-20)61(59)70)58-50-26-22-40(30-42(50)24-28-56(58)71-19)44-33-47(65(7,8)9)36-48(34-44)66(10,11)12/h21-38,69-70H,1-20H3. The van der Waals surface area contributed by atoms with Gasteiger partial charge in [0, 0.05) is 22.3 Å². The van der Waals surface area contributed by atoms with Crippen LogP contribution >= 0.6 is 0 Å². The van der Waals surface area contributed by atoms with Gasteiger partial charge in [0.1, 0.15) is 11.5 Å². The van der Waals surface area contributed by atoms with Crippen molar-refractivity contribution in [3.63, 3.8) is 0 Å². The first kappa shape index (κ1) is 52.1. The molecule has 0 aromatic heterocycles. The Kier molecular flexibility index (Phi) is 12.8. The van der Waals surface area contributed by atoms with Crippen LogP contribution in [0.3, 0.4) is 0 Å². The Labute approximate surface area is 431 Å². The molecule has 0 saturated carbocycles. The van der Waals surface area contributed by atoms with Crippen LogP contribution in [0.4, 0.5) is 0 Å². The second-order valence-electron chi connectivity index (χ2n) is 26.6. The summed E-state index contributed by atoms with van der Waals surface area (Å²) < 4.78 is 12.8. The average Bonchev–Trinajstić information content (AvgIpc) is 3.28. The third kappa shape index (κ3) is 9.59. The molecule has 8 rings (SSSR count). The highest BCUT2D eigenvalue weighted by atomic mass is 16.5. The average molecular weight is 961 g/mol. The molecule has 0 unspecified atom stereocenters. The fourth-order valence-corrected chi connectivity index (χ4v) is 10.4. The molecule has 4 nitrogen and oxygen atoms in total. The van der Waals surface area contributed by atoms with Crippen LogP contribution in [0.15, 0.2) is 109 Å². The highest BCUT2D eigenvalue weighted by molar-refractivity contribution is 6.19. The number of phenols is 2. The lowest BCUT2D eigenvalue weighted by Crippen LogP contribution is -2.22. The first-order valence-electron chi connectivity index (χ1n) is 25.8. The molecule has 8 aromatic rings. The van der Waals surface area contributed by atoms with Gasteiger partial charge in [0.25, 0.3) is 0 Å². The number of methoxy groups -OCH3 is 2. The predicted octanol–water partition coefficient (Wildman–Crippen LogP) is 19.0. The third-order valence-corrected chi connectivity index (χ3v) is 14.9. The lowest BCUT2D eigenvalue weighted by molar-refractivity contribution is 0.376. The molecular formula is C68H80O4. The summed E-state index contributed by atoms with van der Waals surface area (Å²) in [7, 11) is 3.33. The van der Waals surface area contributed by atoms with Crippen LogP contribution in [0.2, 0.25) is 0 Å². The summed E-state index contributed by atoms with van der Waals surface area (Å²) in [5.41, 5.74) is 14.0. The molecule has 8 aromatic carbocycles. The molecule has 0 bridgehead atoms. The van der Waals surface area contributed by atoms with Gasteiger partial charge in [-0.2, -0.15) is 0 Å². The van der Waals surface area contributed by atoms with Gasteiger partial charge in [0.05, 0.1) is 14.2 Å². The zero-order valence-electron chi connectivity index (χ0n) is 47.1. The fraction of sp³-hybridized carbons (Fsp3) is 0.382. The molecule has 376 valence electrons. The normalized spacial score (nSPS) is 13.1. The Balaban J connectivity index is 1.46. The Bertz CT molecular complexity index is 3370. The molecule has 0 atom stereocenters. The van der Waals surface area contributed by atoms with E-state index in [-0.39, 0.29) is 44.0 Å². The van der Waals surface area contributed by atoms with Gasteiger partial charge < -0.3 is 19.7 Å². The minimum atomic E-state index is -0.266. The van der Waals surface area contributed by atoms with Crippen LogP contribution in [0.1, 0.15) is 158 Å². The van der Waals surface area contributed by atoms with Crippen LogP contribution in [0.5, 0.6) is 23.0 Å². The van der Waals surface area contributed by atoms with Crippen molar-refractivity contribution in [3.05, 3.63) is 143 Å². The number of benzene rings is 8. The maximum absolute atomic E-state index is 13.2. The van der Waals surface area contributed by atoms with E-state index in [1.165, 1.54) is 33.4 Å². The van der Waals surface area contributed by atoms with E-state index in [0.717, 1.165) is 65.7 Å². The highest BCUT2D eigenvalue weighted by Gasteiger charge is 2.33. The fourth-order valence-electron chi connectivity index (χ4n) is 10.4. The summed E-state index contributed by atoms with van der Waals surface area (Å²) in [5, 5.41) is 30.9. The van der Waals surface area contributed by atoms with Gasteiger partial charge >= 0.3 is 0 Å². The van der Waals surface area contributed by atoms with Crippen molar-refractivity contribution in [2.75, 3.05) is 14.2 Å². The van der Waals surface area contributed by atoms with E-state index in [2.05, 4.69) is 216 Å². The number of hydrogen-bond donors (Lipinski definition) is 2. The second kappa shape index (κ2) is 17.7. The lowest BCUT2D eigenvalue weighted by Gasteiger charge is -2.32. The molecule has 0 aliphatic carbocycles. The van der Waals surface area contributed by atoms with Crippen molar-refractivity contribution in [3.8, 4) is 67.5 Å². The van der Waals surface area contributed by atoms with E-state index in [0.29, 0.717) is 22.6 Å². The number of ether oxygens (including phenoxy) is 2. The van der Waals surface area contributed by atoms with Crippen molar-refractivity contribution < 1.29 is 19.7 Å². The first-order chi connectivity index (χ1) is 33.2. The number of hydrogen-bond acceptors (Lipinski definition) is 4. The van der Waals surface area contributed by atoms with E-state index in [4.69, 9.17) is 9.47 Å². The lowest BCUT2D eigenvalue weighted by atomic mass is 9.73. The Hall–Kier alpha value is -6.26. The van der Waals surface area contributed by atoms with Gasteiger partial charge in [-0.25, -0.2) is 0 Å². The summed E-state index contributed by atoms with van der Waals surface area (Å²) >= 11 is 0. The number of fused-ring (bicyclic) bond motifs is 3. The molecule has 0 aliphatic heterocycles. The zero-order chi connectivity index (χ0) is 53.0. The quantitative estimate of drug-likeness (QED) is 0.174. The maximum atomic E-state index is 13.2. The molecule has 0 heterocycles. The summed E-state index contributed by atoms with van der Waals surface area (Å²) in [6.45, 7) is 40.8. The second-order valence-corrected chi connectivity index (χ2v) is 26.6. The predicted molar refractivity (Wildman–Crippen MR) is 309 cm³/mol. The smallest absolute Gasteiger partial charge is 0.169 e. The molecule has 0 radical (unpaired) electrons. The number of rotatable bonds is 6. The number of aromatic hydroxyl groups is 2. The van der Waals surface area contributed by atoms with Crippen LogP contribution in [0.25, 0.3) is 76.8 Å². The highest BCUT2D eigenvalue weighted by Crippen LogP contribution is 2.57. The molecule has 2 N–H and O–H groups in total. The van der Waals surface area contributed by atoms with Crippen molar-refractivity contribution in [2.24, 2.45) is 0 Å². The Morgan fingerprint density at radius 3 is 1.08 bits per heavy atom. The van der Waals surface area contributed by atoms with Crippen LogP contribution in [0, 0.1) is 0 Å². The summed E-state index contributed by atoms with van der Waals surface area (Å²) in [5.74, 6) is 0.996. The molecule has 0 spiro atoms. The summed E-state index contributed by atoms with van der Waals surface area (Å²) in [6.07, 6.45) is 0. The van der Waals surface area contributed by atoms with Crippen LogP contribution in [-0.4, -0.2) is 24.4 Å². The molecule has 4 heteroatoms. The summed E-state index contributed by atoms with van der Waals surface area (Å²) in [6, 6.07) is 39.7. The van der Waals surface area contributed by atoms with Gasteiger partial charge in [-0.05, 0) is 157 Å². The molecular weight excluding hydrogens is 881 g/mol. The Morgan fingerprint density at radius 1 is 0.319 bits per heavy atom. The topological polar surface area (TPSA) is 58.9 Å². The van der Waals surface area contributed by atoms with Gasteiger partial charge in [-0.1, -0.05) is 197 Å². The molecule has 0 fully saturated rings. The van der Waals surface area contributed by atoms with Crippen molar-refractivity contribution >= 4 is 32.3 Å². The first-order valence-corrected chi connectivity index (χ1v) is 25.8. The zero-order valence-corrected chi connectivity index (χ0v) is 47.1. The molecule has 72 heavy (non-hydrogen) atoms. The van der Waals surface area contributed by atoms with E-state index >= 15 is 0 Å². The monoisotopic (exact) mass is 961 g/mol. The van der Waals surface area contributed by atoms with E-state index in [1.807, 2.05) is 12.1 Å². The summed E-state index contributed by atoms with van der Waals surface area (Å²) in [4.78, 5) is 0. The molecule has 0 amide bonds. The molecule has 0 saturated heterocycles. The number of phenolic OH excluding ortho intramolecular Hbond substituents is 2. The van der Waals surface area contributed by atoms with Crippen molar-refractivity contribution in [1.82, 2.24) is 0 Å². The van der Waals surface area contributed by atoms with Crippen molar-refractivity contribution in [2.45, 2.75) is 157 Å².